The largest absolute Gasteiger partial charge is 0.385 e. The standard InChI is InChI=1S/C19H23ClN2O/c1-13(2)15-5-8-17(9-6-15)21-11-10-19(23)22-18-12-16(20)7-4-14(18)3/h4-9,12-13,21H,10-11H2,1-3H3,(H,22,23). The Balaban J connectivity index is 1.81. The first-order valence-corrected chi connectivity index (χ1v) is 8.23. The van der Waals surface area contributed by atoms with Crippen molar-refractivity contribution in [2.24, 2.45) is 0 Å². The molecule has 3 nitrogen and oxygen atoms in total. The van der Waals surface area contributed by atoms with E-state index in [1.54, 1.807) is 6.07 Å². The van der Waals surface area contributed by atoms with Gasteiger partial charge >= 0.3 is 0 Å². The molecule has 2 aromatic carbocycles. The summed E-state index contributed by atoms with van der Waals surface area (Å²) in [6.45, 7) is 6.88. The average molecular weight is 331 g/mol. The molecule has 0 bridgehead atoms. The molecule has 0 atom stereocenters. The molecule has 2 N–H and O–H groups in total. The second kappa shape index (κ2) is 8.02. The molecule has 0 saturated carbocycles. The van der Waals surface area contributed by atoms with Crippen molar-refractivity contribution in [1.29, 1.82) is 0 Å². The van der Waals surface area contributed by atoms with Crippen molar-refractivity contribution in [2.75, 3.05) is 17.2 Å². The van der Waals surface area contributed by atoms with E-state index in [0.717, 1.165) is 16.9 Å². The van der Waals surface area contributed by atoms with Gasteiger partial charge in [-0.15, -0.1) is 0 Å². The third-order valence-corrected chi connectivity index (χ3v) is 3.97. The highest BCUT2D eigenvalue weighted by Crippen LogP contribution is 2.20. The number of carbonyl (C=O) groups is 1. The van der Waals surface area contributed by atoms with Gasteiger partial charge in [-0.1, -0.05) is 43.6 Å². The Morgan fingerprint density at radius 2 is 1.83 bits per heavy atom. The number of rotatable bonds is 6. The van der Waals surface area contributed by atoms with Crippen LogP contribution in [0.4, 0.5) is 11.4 Å². The van der Waals surface area contributed by atoms with Crippen LogP contribution in [0.3, 0.4) is 0 Å². The Kier molecular flexibility index (Phi) is 6.05. The SMILES string of the molecule is Cc1ccc(Cl)cc1NC(=O)CCNc1ccc(C(C)C)cc1. The third-order valence-electron chi connectivity index (χ3n) is 3.73. The lowest BCUT2D eigenvalue weighted by Crippen LogP contribution is -2.16. The van der Waals surface area contributed by atoms with Gasteiger partial charge in [0.1, 0.15) is 0 Å². The number of amides is 1. The van der Waals surface area contributed by atoms with E-state index in [-0.39, 0.29) is 5.91 Å². The van der Waals surface area contributed by atoms with Gasteiger partial charge in [-0.05, 0) is 48.2 Å². The van der Waals surface area contributed by atoms with E-state index in [0.29, 0.717) is 23.9 Å². The zero-order chi connectivity index (χ0) is 16.8. The van der Waals surface area contributed by atoms with Crippen molar-refractivity contribution in [1.82, 2.24) is 0 Å². The highest BCUT2D eigenvalue weighted by atomic mass is 35.5. The molecule has 2 rings (SSSR count). The lowest BCUT2D eigenvalue weighted by molar-refractivity contribution is -0.115. The van der Waals surface area contributed by atoms with Crippen LogP contribution in [0.1, 0.15) is 37.3 Å². The highest BCUT2D eigenvalue weighted by molar-refractivity contribution is 6.31. The molecule has 0 aliphatic rings. The van der Waals surface area contributed by atoms with E-state index in [2.05, 4.69) is 36.6 Å². The number of nitrogens with one attached hydrogen (secondary N) is 2. The van der Waals surface area contributed by atoms with Gasteiger partial charge in [0.15, 0.2) is 0 Å². The molecule has 23 heavy (non-hydrogen) atoms. The molecular weight excluding hydrogens is 308 g/mol. The number of carbonyl (C=O) groups excluding carboxylic acids is 1. The summed E-state index contributed by atoms with van der Waals surface area (Å²) >= 11 is 5.96. The lowest BCUT2D eigenvalue weighted by Gasteiger charge is -2.11. The molecule has 1 amide bonds. The van der Waals surface area contributed by atoms with Crippen LogP contribution in [0, 0.1) is 6.92 Å². The topological polar surface area (TPSA) is 41.1 Å². The Labute approximate surface area is 143 Å². The molecule has 0 radical (unpaired) electrons. The predicted molar refractivity (Wildman–Crippen MR) is 98.5 cm³/mol. The van der Waals surface area contributed by atoms with Crippen LogP contribution in [0.2, 0.25) is 5.02 Å². The van der Waals surface area contributed by atoms with Crippen LogP contribution in [-0.2, 0) is 4.79 Å². The number of benzene rings is 2. The van der Waals surface area contributed by atoms with E-state index < -0.39 is 0 Å². The maximum absolute atomic E-state index is 12.0. The van der Waals surface area contributed by atoms with Crippen LogP contribution < -0.4 is 10.6 Å². The normalized spacial score (nSPS) is 10.7. The van der Waals surface area contributed by atoms with Gasteiger partial charge in [-0.25, -0.2) is 0 Å². The maximum atomic E-state index is 12.0. The summed E-state index contributed by atoms with van der Waals surface area (Å²) in [5.74, 6) is 0.498. The van der Waals surface area contributed by atoms with Crippen LogP contribution in [-0.4, -0.2) is 12.5 Å². The summed E-state index contributed by atoms with van der Waals surface area (Å²) in [6, 6.07) is 13.8. The van der Waals surface area contributed by atoms with Gasteiger partial charge in [0, 0.05) is 29.4 Å². The minimum absolute atomic E-state index is 0.0262. The van der Waals surface area contributed by atoms with Crippen LogP contribution in [0.5, 0.6) is 0 Å². The Morgan fingerprint density at radius 3 is 2.48 bits per heavy atom. The molecule has 0 fully saturated rings. The number of hydrogen-bond donors (Lipinski definition) is 2. The lowest BCUT2D eigenvalue weighted by atomic mass is 10.0. The Bertz CT molecular complexity index is 666. The first kappa shape index (κ1) is 17.4. The molecule has 0 heterocycles. The van der Waals surface area contributed by atoms with Crippen molar-refractivity contribution >= 4 is 28.9 Å². The predicted octanol–water partition coefficient (Wildman–Crippen LogP) is 5.21. The molecule has 0 aliphatic heterocycles. The minimum atomic E-state index is -0.0262. The molecule has 0 unspecified atom stereocenters. The van der Waals surface area contributed by atoms with Crippen LogP contribution in [0.15, 0.2) is 42.5 Å². The first-order chi connectivity index (χ1) is 11.0. The van der Waals surface area contributed by atoms with Crippen molar-refractivity contribution in [3.63, 3.8) is 0 Å². The second-order valence-electron chi connectivity index (χ2n) is 5.96. The molecule has 0 aromatic heterocycles. The van der Waals surface area contributed by atoms with Gasteiger partial charge in [0.05, 0.1) is 0 Å². The van der Waals surface area contributed by atoms with Crippen molar-refractivity contribution in [3.05, 3.63) is 58.6 Å². The van der Waals surface area contributed by atoms with Crippen LogP contribution in [0.25, 0.3) is 0 Å². The smallest absolute Gasteiger partial charge is 0.226 e. The minimum Gasteiger partial charge on any atom is -0.385 e. The summed E-state index contributed by atoms with van der Waals surface area (Å²) in [6.07, 6.45) is 0.401. The fraction of sp³-hybridized carbons (Fsp3) is 0.316. The van der Waals surface area contributed by atoms with Gasteiger partial charge in [0.2, 0.25) is 5.91 Å². The zero-order valence-corrected chi connectivity index (χ0v) is 14.6. The second-order valence-corrected chi connectivity index (χ2v) is 6.40. The molecule has 0 saturated heterocycles. The highest BCUT2D eigenvalue weighted by Gasteiger charge is 2.05. The van der Waals surface area contributed by atoms with E-state index in [1.807, 2.05) is 31.2 Å². The van der Waals surface area contributed by atoms with Crippen LogP contribution >= 0.6 is 11.6 Å². The van der Waals surface area contributed by atoms with Crippen molar-refractivity contribution < 1.29 is 4.79 Å². The molecule has 0 aliphatic carbocycles. The van der Waals surface area contributed by atoms with E-state index in [4.69, 9.17) is 11.6 Å². The van der Waals surface area contributed by atoms with Gasteiger partial charge in [-0.2, -0.15) is 0 Å². The summed E-state index contributed by atoms with van der Waals surface area (Å²) in [4.78, 5) is 12.0. The van der Waals surface area contributed by atoms with Crippen molar-refractivity contribution in [2.45, 2.75) is 33.1 Å². The first-order valence-electron chi connectivity index (χ1n) is 7.85. The third kappa shape index (κ3) is 5.29. The Morgan fingerprint density at radius 1 is 1.13 bits per heavy atom. The van der Waals surface area contributed by atoms with E-state index in [1.165, 1.54) is 5.56 Å². The van der Waals surface area contributed by atoms with Gasteiger partial charge in [-0.3, -0.25) is 4.79 Å². The fourth-order valence-electron chi connectivity index (χ4n) is 2.25. The Hall–Kier alpha value is -2.00. The fourth-order valence-corrected chi connectivity index (χ4v) is 2.42. The molecule has 4 heteroatoms. The number of anilines is 2. The summed E-state index contributed by atoms with van der Waals surface area (Å²) < 4.78 is 0. The quantitative estimate of drug-likeness (QED) is 0.763. The van der Waals surface area contributed by atoms with Crippen molar-refractivity contribution in [3.8, 4) is 0 Å². The maximum Gasteiger partial charge on any atom is 0.226 e. The summed E-state index contributed by atoms with van der Waals surface area (Å²) in [7, 11) is 0. The number of hydrogen-bond acceptors (Lipinski definition) is 2. The number of aryl methyl sites for hydroxylation is 1. The number of halogens is 1. The van der Waals surface area contributed by atoms with Gasteiger partial charge < -0.3 is 10.6 Å². The van der Waals surface area contributed by atoms with E-state index >= 15 is 0 Å². The molecule has 122 valence electrons. The van der Waals surface area contributed by atoms with E-state index in [9.17, 15) is 4.79 Å². The zero-order valence-electron chi connectivity index (χ0n) is 13.8. The monoisotopic (exact) mass is 330 g/mol. The summed E-state index contributed by atoms with van der Waals surface area (Å²) in [5, 5.41) is 6.78. The average Bonchev–Trinajstić information content (AvgIpc) is 2.51. The molecular formula is C19H23ClN2O. The van der Waals surface area contributed by atoms with Gasteiger partial charge in [0.25, 0.3) is 0 Å². The summed E-state index contributed by atoms with van der Waals surface area (Å²) in [5.41, 5.74) is 4.11. The molecule has 0 spiro atoms. The molecule has 2 aromatic rings.